The van der Waals surface area contributed by atoms with Crippen molar-refractivity contribution >= 4 is 17.7 Å². The second-order valence-electron chi connectivity index (χ2n) is 5.08. The van der Waals surface area contributed by atoms with Crippen molar-refractivity contribution in [3.63, 3.8) is 0 Å². The Labute approximate surface area is 119 Å². The molecule has 3 nitrogen and oxygen atoms in total. The number of carboxylic acid groups (broad SMARTS) is 1. The summed E-state index contributed by atoms with van der Waals surface area (Å²) in [5, 5.41) is 8.63. The lowest BCUT2D eigenvalue weighted by Crippen LogP contribution is -2.22. The van der Waals surface area contributed by atoms with Crippen LogP contribution in [0.15, 0.2) is 35.2 Å². The molecule has 0 bridgehead atoms. The number of carbonyl (C=O) groups is 1. The Balaban J connectivity index is 1.63. The summed E-state index contributed by atoms with van der Waals surface area (Å²) in [5.74, 6) is 1.23. The Morgan fingerprint density at radius 2 is 2.16 bits per heavy atom. The van der Waals surface area contributed by atoms with Gasteiger partial charge in [0.25, 0.3) is 0 Å². The normalized spacial score (nSPS) is 19.7. The van der Waals surface area contributed by atoms with Gasteiger partial charge < -0.3 is 10.0 Å². The van der Waals surface area contributed by atoms with Crippen LogP contribution in [0.25, 0.3) is 0 Å². The highest BCUT2D eigenvalue weighted by molar-refractivity contribution is 7.99. The lowest BCUT2D eigenvalue weighted by Gasteiger charge is -2.15. The van der Waals surface area contributed by atoms with Gasteiger partial charge in [-0.25, -0.2) is 0 Å². The van der Waals surface area contributed by atoms with Gasteiger partial charge in [0, 0.05) is 23.6 Å². The van der Waals surface area contributed by atoms with Crippen molar-refractivity contribution in [3.8, 4) is 0 Å². The maximum absolute atomic E-state index is 10.5. The van der Waals surface area contributed by atoms with E-state index in [0.717, 1.165) is 32.0 Å². The average Bonchev–Trinajstić information content (AvgIpc) is 2.85. The van der Waals surface area contributed by atoms with Gasteiger partial charge in [-0.05, 0) is 44.0 Å². The SMILES string of the molecule is O=C(O)CCCN1CC[C@H](CSc2ccccc2)C1. The highest BCUT2D eigenvalue weighted by atomic mass is 32.2. The summed E-state index contributed by atoms with van der Waals surface area (Å²) in [4.78, 5) is 14.2. The van der Waals surface area contributed by atoms with E-state index in [1.165, 1.54) is 17.1 Å². The Bertz CT molecular complexity index is 396. The largest absolute Gasteiger partial charge is 0.481 e. The first kappa shape index (κ1) is 14.4. The van der Waals surface area contributed by atoms with Crippen molar-refractivity contribution in [2.24, 2.45) is 5.92 Å². The van der Waals surface area contributed by atoms with Crippen LogP contribution < -0.4 is 0 Å². The Kier molecular flexibility index (Phi) is 5.73. The van der Waals surface area contributed by atoms with Crippen LogP contribution in [0.3, 0.4) is 0 Å². The molecule has 0 radical (unpaired) electrons. The topological polar surface area (TPSA) is 40.5 Å². The van der Waals surface area contributed by atoms with Crippen molar-refractivity contribution < 1.29 is 9.90 Å². The van der Waals surface area contributed by atoms with E-state index in [2.05, 4.69) is 29.2 Å². The van der Waals surface area contributed by atoms with Crippen molar-refractivity contribution in [1.29, 1.82) is 0 Å². The summed E-state index contributed by atoms with van der Waals surface area (Å²) in [5.41, 5.74) is 0. The van der Waals surface area contributed by atoms with Crippen LogP contribution in [0.2, 0.25) is 0 Å². The van der Waals surface area contributed by atoms with Crippen LogP contribution in [-0.4, -0.2) is 41.4 Å². The number of nitrogens with zero attached hydrogens (tertiary/aromatic N) is 1. The molecule has 1 fully saturated rings. The van der Waals surface area contributed by atoms with Gasteiger partial charge in [0.05, 0.1) is 0 Å². The van der Waals surface area contributed by atoms with Crippen LogP contribution in [0.1, 0.15) is 19.3 Å². The molecule has 1 aliphatic rings. The van der Waals surface area contributed by atoms with Gasteiger partial charge in [-0.1, -0.05) is 18.2 Å². The smallest absolute Gasteiger partial charge is 0.303 e. The number of hydrogen-bond donors (Lipinski definition) is 1. The van der Waals surface area contributed by atoms with Crippen molar-refractivity contribution in [1.82, 2.24) is 4.90 Å². The van der Waals surface area contributed by atoms with Crippen molar-refractivity contribution in [3.05, 3.63) is 30.3 Å². The molecule has 1 aromatic rings. The van der Waals surface area contributed by atoms with Gasteiger partial charge in [0.15, 0.2) is 0 Å². The van der Waals surface area contributed by atoms with Crippen LogP contribution >= 0.6 is 11.8 Å². The summed E-state index contributed by atoms with van der Waals surface area (Å²) in [6.07, 6.45) is 2.31. The first-order chi connectivity index (χ1) is 9.24. The van der Waals surface area contributed by atoms with Crippen molar-refractivity contribution in [2.45, 2.75) is 24.2 Å². The molecule has 0 saturated carbocycles. The van der Waals surface area contributed by atoms with Gasteiger partial charge in [0.2, 0.25) is 0 Å². The van der Waals surface area contributed by atoms with Crippen LogP contribution in [0.4, 0.5) is 0 Å². The number of likely N-dealkylation sites (tertiary alicyclic amines) is 1. The van der Waals surface area contributed by atoms with E-state index in [1.807, 2.05) is 17.8 Å². The van der Waals surface area contributed by atoms with E-state index in [9.17, 15) is 4.79 Å². The van der Waals surface area contributed by atoms with Crippen LogP contribution in [-0.2, 0) is 4.79 Å². The molecule has 0 amide bonds. The Morgan fingerprint density at radius 1 is 1.37 bits per heavy atom. The standard InChI is InChI=1S/C15H21NO2S/c17-15(18)7-4-9-16-10-8-13(11-16)12-19-14-5-2-1-3-6-14/h1-3,5-6,13H,4,7-12H2,(H,17,18)/t13-/m0/s1. The molecule has 1 aromatic carbocycles. The van der Waals surface area contributed by atoms with Gasteiger partial charge in [0.1, 0.15) is 0 Å². The summed E-state index contributed by atoms with van der Waals surface area (Å²) in [6.45, 7) is 3.18. The molecule has 0 aromatic heterocycles. The number of hydrogen-bond acceptors (Lipinski definition) is 3. The predicted molar refractivity (Wildman–Crippen MR) is 78.6 cm³/mol. The van der Waals surface area contributed by atoms with E-state index in [-0.39, 0.29) is 0 Å². The summed E-state index contributed by atoms with van der Waals surface area (Å²) >= 11 is 1.93. The number of thioether (sulfide) groups is 1. The zero-order chi connectivity index (χ0) is 13.5. The predicted octanol–water partition coefficient (Wildman–Crippen LogP) is 2.97. The minimum atomic E-state index is -0.685. The Morgan fingerprint density at radius 3 is 2.89 bits per heavy atom. The fourth-order valence-electron chi connectivity index (χ4n) is 2.44. The van der Waals surface area contributed by atoms with Gasteiger partial charge in [-0.2, -0.15) is 0 Å². The van der Waals surface area contributed by atoms with Gasteiger partial charge in [-0.3, -0.25) is 4.79 Å². The maximum atomic E-state index is 10.5. The molecular weight excluding hydrogens is 258 g/mol. The molecule has 1 saturated heterocycles. The molecule has 0 unspecified atom stereocenters. The summed E-state index contributed by atoms with van der Waals surface area (Å²) in [6, 6.07) is 10.5. The average molecular weight is 279 g/mol. The van der Waals surface area contributed by atoms with E-state index in [0.29, 0.717) is 6.42 Å². The summed E-state index contributed by atoms with van der Waals surface area (Å²) < 4.78 is 0. The minimum absolute atomic E-state index is 0.292. The first-order valence-electron chi connectivity index (χ1n) is 6.86. The zero-order valence-electron chi connectivity index (χ0n) is 11.1. The molecule has 2 rings (SSSR count). The minimum Gasteiger partial charge on any atom is -0.481 e. The number of carboxylic acids is 1. The maximum Gasteiger partial charge on any atom is 0.303 e. The third kappa shape index (κ3) is 5.25. The third-order valence-electron chi connectivity index (χ3n) is 3.46. The monoisotopic (exact) mass is 279 g/mol. The first-order valence-corrected chi connectivity index (χ1v) is 7.84. The molecule has 4 heteroatoms. The molecule has 1 aliphatic heterocycles. The second kappa shape index (κ2) is 7.56. The third-order valence-corrected chi connectivity index (χ3v) is 4.71. The van der Waals surface area contributed by atoms with Crippen LogP contribution in [0.5, 0.6) is 0 Å². The molecule has 0 aliphatic carbocycles. The number of aliphatic carboxylic acids is 1. The van der Waals surface area contributed by atoms with E-state index in [4.69, 9.17) is 5.11 Å². The molecule has 19 heavy (non-hydrogen) atoms. The van der Waals surface area contributed by atoms with Gasteiger partial charge >= 0.3 is 5.97 Å². The van der Waals surface area contributed by atoms with E-state index < -0.39 is 5.97 Å². The fraction of sp³-hybridized carbons (Fsp3) is 0.533. The summed E-state index contributed by atoms with van der Waals surface area (Å²) in [7, 11) is 0. The molecule has 1 N–H and O–H groups in total. The highest BCUT2D eigenvalue weighted by Crippen LogP contribution is 2.25. The van der Waals surface area contributed by atoms with E-state index >= 15 is 0 Å². The number of benzene rings is 1. The quantitative estimate of drug-likeness (QED) is 0.779. The van der Waals surface area contributed by atoms with Crippen LogP contribution in [0, 0.1) is 5.92 Å². The zero-order valence-corrected chi connectivity index (χ0v) is 11.9. The highest BCUT2D eigenvalue weighted by Gasteiger charge is 2.22. The van der Waals surface area contributed by atoms with Crippen molar-refractivity contribution in [2.75, 3.05) is 25.4 Å². The fourth-order valence-corrected chi connectivity index (χ4v) is 3.49. The lowest BCUT2D eigenvalue weighted by molar-refractivity contribution is -0.137. The second-order valence-corrected chi connectivity index (χ2v) is 6.17. The molecule has 0 spiro atoms. The van der Waals surface area contributed by atoms with Gasteiger partial charge in [-0.15, -0.1) is 11.8 Å². The molecule has 1 atom stereocenters. The van der Waals surface area contributed by atoms with E-state index in [1.54, 1.807) is 0 Å². The Hall–Kier alpha value is -1.00. The molecule has 104 valence electrons. The number of rotatable bonds is 7. The molecular formula is C15H21NO2S. The molecule has 1 heterocycles. The lowest BCUT2D eigenvalue weighted by atomic mass is 10.2.